The van der Waals surface area contributed by atoms with Crippen molar-refractivity contribution in [3.05, 3.63) is 65.7 Å². The van der Waals surface area contributed by atoms with Gasteiger partial charge in [0, 0.05) is 6.20 Å². The maximum absolute atomic E-state index is 13.4. The van der Waals surface area contributed by atoms with Crippen molar-refractivity contribution in [2.45, 2.75) is 25.7 Å². The van der Waals surface area contributed by atoms with Crippen LogP contribution >= 0.6 is 0 Å². The Kier molecular flexibility index (Phi) is 3.41. The van der Waals surface area contributed by atoms with Crippen LogP contribution in [0.4, 0.5) is 4.39 Å². The lowest BCUT2D eigenvalue weighted by Gasteiger charge is -2.20. The second-order valence-electron chi connectivity index (χ2n) is 4.89. The molecule has 1 heterocycles. The summed E-state index contributed by atoms with van der Waals surface area (Å²) in [4.78, 5) is 4.45. The van der Waals surface area contributed by atoms with E-state index in [1.807, 2.05) is 30.5 Å². The Labute approximate surface area is 112 Å². The van der Waals surface area contributed by atoms with Gasteiger partial charge in [0.05, 0.1) is 5.69 Å². The summed E-state index contributed by atoms with van der Waals surface area (Å²) in [6.45, 7) is 0. The molecule has 0 fully saturated rings. The predicted octanol–water partition coefficient (Wildman–Crippen LogP) is 4.71. The van der Waals surface area contributed by atoms with E-state index in [0.29, 0.717) is 0 Å². The quantitative estimate of drug-likeness (QED) is 0.755. The Morgan fingerprint density at radius 2 is 1.74 bits per heavy atom. The second-order valence-corrected chi connectivity index (χ2v) is 4.89. The topological polar surface area (TPSA) is 12.9 Å². The Morgan fingerprint density at radius 1 is 0.895 bits per heavy atom. The number of aromatic nitrogens is 1. The summed E-state index contributed by atoms with van der Waals surface area (Å²) in [6, 6.07) is 12.9. The van der Waals surface area contributed by atoms with Gasteiger partial charge < -0.3 is 0 Å². The molecule has 0 spiro atoms. The third-order valence-corrected chi connectivity index (χ3v) is 3.61. The fourth-order valence-electron chi connectivity index (χ4n) is 2.72. The fraction of sp³-hybridized carbons (Fsp3) is 0.235. The van der Waals surface area contributed by atoms with Gasteiger partial charge in [0.25, 0.3) is 0 Å². The van der Waals surface area contributed by atoms with E-state index >= 15 is 0 Å². The molecule has 96 valence electrons. The normalized spacial score (nSPS) is 15.6. The molecule has 0 saturated heterocycles. The monoisotopic (exact) mass is 253 g/mol. The third-order valence-electron chi connectivity index (χ3n) is 3.61. The minimum atomic E-state index is -0.170. The molecular weight excluding hydrogens is 237 g/mol. The van der Waals surface area contributed by atoms with Crippen LogP contribution < -0.4 is 0 Å². The van der Waals surface area contributed by atoms with Crippen LogP contribution in [0.3, 0.4) is 0 Å². The maximum Gasteiger partial charge on any atom is 0.123 e. The van der Waals surface area contributed by atoms with Crippen LogP contribution in [0, 0.1) is 5.82 Å². The average Bonchev–Trinajstić information content (AvgIpc) is 2.48. The first-order valence-electron chi connectivity index (χ1n) is 6.74. The standard InChI is InChI=1S/C17H16FN/c18-14-7-5-6-13(12-14)15-8-1-2-9-16(15)17-10-3-4-11-19-17/h3-7,10-12H,1-2,8-9H2. The van der Waals surface area contributed by atoms with Crippen molar-refractivity contribution in [2.75, 3.05) is 0 Å². The van der Waals surface area contributed by atoms with Crippen LogP contribution in [-0.4, -0.2) is 4.98 Å². The molecular formula is C17H16FN. The van der Waals surface area contributed by atoms with E-state index in [9.17, 15) is 4.39 Å². The lowest BCUT2D eigenvalue weighted by molar-refractivity contribution is 0.627. The zero-order valence-corrected chi connectivity index (χ0v) is 10.8. The number of hydrogen-bond acceptors (Lipinski definition) is 1. The van der Waals surface area contributed by atoms with Crippen molar-refractivity contribution in [2.24, 2.45) is 0 Å². The van der Waals surface area contributed by atoms with Crippen molar-refractivity contribution >= 4 is 11.1 Å². The van der Waals surface area contributed by atoms with Crippen molar-refractivity contribution in [3.8, 4) is 0 Å². The first-order chi connectivity index (χ1) is 9.34. The summed E-state index contributed by atoms with van der Waals surface area (Å²) in [5.74, 6) is -0.170. The molecule has 19 heavy (non-hydrogen) atoms. The van der Waals surface area contributed by atoms with Crippen LogP contribution in [0.1, 0.15) is 36.9 Å². The number of halogens is 1. The summed E-state index contributed by atoms with van der Waals surface area (Å²) in [5.41, 5.74) is 4.56. The molecule has 0 atom stereocenters. The van der Waals surface area contributed by atoms with E-state index in [1.165, 1.54) is 30.1 Å². The van der Waals surface area contributed by atoms with Gasteiger partial charge in [-0.05, 0) is 66.7 Å². The molecule has 0 aliphatic heterocycles. The molecule has 3 rings (SSSR count). The number of allylic oxidation sites excluding steroid dienone is 2. The third kappa shape index (κ3) is 2.58. The molecule has 0 N–H and O–H groups in total. The van der Waals surface area contributed by atoms with E-state index in [2.05, 4.69) is 4.98 Å². The summed E-state index contributed by atoms with van der Waals surface area (Å²) < 4.78 is 13.4. The van der Waals surface area contributed by atoms with Gasteiger partial charge in [0.2, 0.25) is 0 Å². The van der Waals surface area contributed by atoms with Crippen LogP contribution in [-0.2, 0) is 0 Å². The lowest BCUT2D eigenvalue weighted by Crippen LogP contribution is -2.01. The van der Waals surface area contributed by atoms with Crippen molar-refractivity contribution in [1.82, 2.24) is 4.98 Å². The van der Waals surface area contributed by atoms with E-state index in [1.54, 1.807) is 12.1 Å². The maximum atomic E-state index is 13.4. The predicted molar refractivity (Wildman–Crippen MR) is 75.9 cm³/mol. The minimum Gasteiger partial charge on any atom is -0.257 e. The summed E-state index contributed by atoms with van der Waals surface area (Å²) in [7, 11) is 0. The first-order valence-corrected chi connectivity index (χ1v) is 6.74. The second kappa shape index (κ2) is 5.35. The molecule has 0 amide bonds. The summed E-state index contributed by atoms with van der Waals surface area (Å²) in [5, 5.41) is 0. The Bertz CT molecular complexity index is 602. The molecule has 1 aliphatic rings. The zero-order chi connectivity index (χ0) is 13.1. The number of benzene rings is 1. The SMILES string of the molecule is Fc1cccc(C2=C(c3ccccn3)CCCC2)c1. The van der Waals surface area contributed by atoms with E-state index in [0.717, 1.165) is 24.1 Å². The van der Waals surface area contributed by atoms with Gasteiger partial charge >= 0.3 is 0 Å². The molecule has 0 bridgehead atoms. The number of rotatable bonds is 2. The van der Waals surface area contributed by atoms with Crippen LogP contribution in [0.25, 0.3) is 11.1 Å². The number of hydrogen-bond donors (Lipinski definition) is 0. The molecule has 2 aromatic rings. The molecule has 0 radical (unpaired) electrons. The molecule has 2 heteroatoms. The molecule has 1 aliphatic carbocycles. The first kappa shape index (κ1) is 12.1. The van der Waals surface area contributed by atoms with E-state index in [4.69, 9.17) is 0 Å². The highest BCUT2D eigenvalue weighted by atomic mass is 19.1. The Balaban J connectivity index is 2.11. The van der Waals surface area contributed by atoms with Gasteiger partial charge in [-0.1, -0.05) is 18.2 Å². The summed E-state index contributed by atoms with van der Waals surface area (Å²) in [6.07, 6.45) is 6.21. The lowest BCUT2D eigenvalue weighted by atomic mass is 9.85. The molecule has 0 saturated carbocycles. The van der Waals surface area contributed by atoms with Gasteiger partial charge in [-0.2, -0.15) is 0 Å². The largest absolute Gasteiger partial charge is 0.257 e. The fourth-order valence-corrected chi connectivity index (χ4v) is 2.72. The van der Waals surface area contributed by atoms with Gasteiger partial charge in [0.15, 0.2) is 0 Å². The van der Waals surface area contributed by atoms with Crippen molar-refractivity contribution in [1.29, 1.82) is 0 Å². The van der Waals surface area contributed by atoms with Crippen molar-refractivity contribution in [3.63, 3.8) is 0 Å². The van der Waals surface area contributed by atoms with Crippen LogP contribution in [0.2, 0.25) is 0 Å². The van der Waals surface area contributed by atoms with E-state index in [-0.39, 0.29) is 5.82 Å². The highest BCUT2D eigenvalue weighted by Crippen LogP contribution is 2.37. The molecule has 1 aromatic heterocycles. The average molecular weight is 253 g/mol. The zero-order valence-electron chi connectivity index (χ0n) is 10.8. The summed E-state index contributed by atoms with van der Waals surface area (Å²) >= 11 is 0. The highest BCUT2D eigenvalue weighted by molar-refractivity contribution is 5.90. The van der Waals surface area contributed by atoms with Crippen LogP contribution in [0.5, 0.6) is 0 Å². The molecule has 0 unspecified atom stereocenters. The molecule has 1 aromatic carbocycles. The minimum absolute atomic E-state index is 0.170. The van der Waals surface area contributed by atoms with Gasteiger partial charge in [0.1, 0.15) is 5.82 Å². The Morgan fingerprint density at radius 3 is 2.47 bits per heavy atom. The number of nitrogens with zero attached hydrogens (tertiary/aromatic N) is 1. The van der Waals surface area contributed by atoms with E-state index < -0.39 is 0 Å². The highest BCUT2D eigenvalue weighted by Gasteiger charge is 2.16. The smallest absolute Gasteiger partial charge is 0.123 e. The van der Waals surface area contributed by atoms with Crippen LogP contribution in [0.15, 0.2) is 48.7 Å². The van der Waals surface area contributed by atoms with Gasteiger partial charge in [-0.15, -0.1) is 0 Å². The van der Waals surface area contributed by atoms with Gasteiger partial charge in [-0.3, -0.25) is 4.98 Å². The van der Waals surface area contributed by atoms with Crippen molar-refractivity contribution < 1.29 is 4.39 Å². The Hall–Kier alpha value is -1.96. The van der Waals surface area contributed by atoms with Gasteiger partial charge in [-0.25, -0.2) is 4.39 Å². The molecule has 1 nitrogen and oxygen atoms in total. The number of pyridine rings is 1.